The molecule has 19 heavy (non-hydrogen) atoms. The third kappa shape index (κ3) is 3.84. The van der Waals surface area contributed by atoms with E-state index in [1.54, 1.807) is 12.5 Å². The number of guanidine groups is 1. The first kappa shape index (κ1) is 13.1. The lowest BCUT2D eigenvalue weighted by atomic mass is 10.1. The highest BCUT2D eigenvalue weighted by Gasteiger charge is 1.97. The number of benzene rings is 1. The summed E-state index contributed by atoms with van der Waals surface area (Å²) in [5.41, 5.74) is 9.31. The van der Waals surface area contributed by atoms with Crippen molar-refractivity contribution in [1.82, 2.24) is 9.55 Å². The highest BCUT2D eigenvalue weighted by molar-refractivity contribution is 5.92. The number of aromatic nitrogens is 2. The van der Waals surface area contributed by atoms with Gasteiger partial charge in [-0.2, -0.15) is 0 Å². The van der Waals surface area contributed by atoms with E-state index in [4.69, 9.17) is 5.73 Å². The number of anilines is 1. The van der Waals surface area contributed by atoms with Crippen LogP contribution in [0.3, 0.4) is 0 Å². The van der Waals surface area contributed by atoms with Gasteiger partial charge in [-0.3, -0.25) is 4.99 Å². The molecule has 0 saturated carbocycles. The Labute approximate surface area is 113 Å². The van der Waals surface area contributed by atoms with Gasteiger partial charge in [0.25, 0.3) is 0 Å². The van der Waals surface area contributed by atoms with Crippen LogP contribution in [0.1, 0.15) is 11.1 Å². The van der Waals surface area contributed by atoms with Crippen LogP contribution in [0.25, 0.3) is 0 Å². The number of rotatable bonds is 4. The third-order valence-electron chi connectivity index (χ3n) is 2.98. The Morgan fingerprint density at radius 1 is 1.37 bits per heavy atom. The Bertz CT molecular complexity index is 557. The van der Waals surface area contributed by atoms with Gasteiger partial charge in [0.2, 0.25) is 0 Å². The van der Waals surface area contributed by atoms with E-state index in [9.17, 15) is 0 Å². The smallest absolute Gasteiger partial charge is 0.193 e. The lowest BCUT2D eigenvalue weighted by Crippen LogP contribution is -2.23. The van der Waals surface area contributed by atoms with Crippen LogP contribution >= 0.6 is 0 Å². The average Bonchev–Trinajstić information content (AvgIpc) is 2.87. The predicted octanol–water partition coefficient (Wildman–Crippen LogP) is 1.93. The van der Waals surface area contributed by atoms with Crippen molar-refractivity contribution in [3.8, 4) is 0 Å². The van der Waals surface area contributed by atoms with E-state index in [2.05, 4.69) is 41.3 Å². The van der Waals surface area contributed by atoms with Gasteiger partial charge in [-0.25, -0.2) is 4.98 Å². The van der Waals surface area contributed by atoms with Crippen LogP contribution in [0.15, 0.2) is 41.9 Å². The van der Waals surface area contributed by atoms with Crippen molar-refractivity contribution in [3.05, 3.63) is 48.0 Å². The minimum atomic E-state index is 0.434. The van der Waals surface area contributed by atoms with E-state index < -0.39 is 0 Å². The highest BCUT2D eigenvalue weighted by atomic mass is 15.1. The van der Waals surface area contributed by atoms with Gasteiger partial charge >= 0.3 is 0 Å². The van der Waals surface area contributed by atoms with Gasteiger partial charge in [0.1, 0.15) is 0 Å². The van der Waals surface area contributed by atoms with E-state index in [1.807, 2.05) is 16.8 Å². The van der Waals surface area contributed by atoms with E-state index in [-0.39, 0.29) is 0 Å². The lowest BCUT2D eigenvalue weighted by Gasteiger charge is -2.08. The van der Waals surface area contributed by atoms with Crippen LogP contribution < -0.4 is 11.1 Å². The molecule has 0 amide bonds. The fourth-order valence-electron chi connectivity index (χ4n) is 1.71. The van der Waals surface area contributed by atoms with Crippen LogP contribution in [0.4, 0.5) is 5.69 Å². The van der Waals surface area contributed by atoms with Crippen LogP contribution in [-0.4, -0.2) is 22.1 Å². The molecule has 1 heterocycles. The molecule has 0 fully saturated rings. The van der Waals surface area contributed by atoms with Crippen LogP contribution in [0.2, 0.25) is 0 Å². The van der Waals surface area contributed by atoms with Gasteiger partial charge in [0.05, 0.1) is 12.9 Å². The molecule has 0 radical (unpaired) electrons. The number of nitrogens with two attached hydrogens (primary N) is 1. The summed E-state index contributed by atoms with van der Waals surface area (Å²) in [5.74, 6) is 0.434. The number of hydrogen-bond acceptors (Lipinski definition) is 2. The topological polar surface area (TPSA) is 68.2 Å². The molecule has 2 rings (SSSR count). The first-order valence-electron chi connectivity index (χ1n) is 6.25. The minimum Gasteiger partial charge on any atom is -0.370 e. The number of imidazole rings is 1. The number of aliphatic imine (C=N–C) groups is 1. The van der Waals surface area contributed by atoms with Crippen LogP contribution in [-0.2, 0) is 6.54 Å². The zero-order chi connectivity index (χ0) is 13.7. The molecule has 0 bridgehead atoms. The molecule has 100 valence electrons. The summed E-state index contributed by atoms with van der Waals surface area (Å²) in [7, 11) is 0. The number of hydrogen-bond donors (Lipinski definition) is 2. The van der Waals surface area contributed by atoms with Gasteiger partial charge in [-0.15, -0.1) is 0 Å². The van der Waals surface area contributed by atoms with E-state index in [0.29, 0.717) is 12.5 Å². The highest BCUT2D eigenvalue weighted by Crippen LogP contribution is 2.13. The maximum atomic E-state index is 5.85. The molecule has 3 N–H and O–H groups in total. The van der Waals surface area contributed by atoms with Crippen molar-refractivity contribution in [1.29, 1.82) is 0 Å². The number of nitrogens with one attached hydrogen (secondary N) is 1. The second-order valence-corrected chi connectivity index (χ2v) is 4.49. The number of nitrogens with zero attached hydrogens (tertiary/aromatic N) is 3. The van der Waals surface area contributed by atoms with Crippen molar-refractivity contribution in [2.75, 3.05) is 11.9 Å². The molecule has 5 heteroatoms. The normalized spacial score (nSPS) is 11.6. The monoisotopic (exact) mass is 257 g/mol. The second kappa shape index (κ2) is 6.04. The van der Waals surface area contributed by atoms with Gasteiger partial charge < -0.3 is 15.6 Å². The Morgan fingerprint density at radius 3 is 2.89 bits per heavy atom. The van der Waals surface area contributed by atoms with Gasteiger partial charge in [-0.05, 0) is 37.1 Å². The van der Waals surface area contributed by atoms with Gasteiger partial charge in [0.15, 0.2) is 5.96 Å². The number of aryl methyl sites for hydroxylation is 2. The van der Waals surface area contributed by atoms with E-state index in [0.717, 1.165) is 12.2 Å². The molecule has 0 aliphatic heterocycles. The molecule has 5 nitrogen and oxygen atoms in total. The van der Waals surface area contributed by atoms with Crippen LogP contribution in [0.5, 0.6) is 0 Å². The summed E-state index contributed by atoms with van der Waals surface area (Å²) in [6.45, 7) is 5.56. The summed E-state index contributed by atoms with van der Waals surface area (Å²) in [4.78, 5) is 8.25. The molecule has 0 aliphatic carbocycles. The summed E-state index contributed by atoms with van der Waals surface area (Å²) in [6, 6.07) is 6.13. The lowest BCUT2D eigenvalue weighted by molar-refractivity contribution is 0.708. The van der Waals surface area contributed by atoms with Crippen molar-refractivity contribution >= 4 is 11.6 Å². The molecule has 0 atom stereocenters. The molecule has 1 aromatic heterocycles. The summed E-state index contributed by atoms with van der Waals surface area (Å²) in [5, 5.41) is 3.09. The Kier molecular flexibility index (Phi) is 4.18. The van der Waals surface area contributed by atoms with Crippen molar-refractivity contribution < 1.29 is 0 Å². The zero-order valence-electron chi connectivity index (χ0n) is 11.3. The van der Waals surface area contributed by atoms with Crippen molar-refractivity contribution in [2.24, 2.45) is 10.7 Å². The molecule has 0 spiro atoms. The molecular weight excluding hydrogens is 238 g/mol. The fourth-order valence-corrected chi connectivity index (χ4v) is 1.71. The Morgan fingerprint density at radius 2 is 2.21 bits per heavy atom. The van der Waals surface area contributed by atoms with Crippen molar-refractivity contribution in [3.63, 3.8) is 0 Å². The summed E-state index contributed by atoms with van der Waals surface area (Å²) >= 11 is 0. The molecule has 0 unspecified atom stereocenters. The summed E-state index contributed by atoms with van der Waals surface area (Å²) < 4.78 is 1.97. The second-order valence-electron chi connectivity index (χ2n) is 4.49. The maximum absolute atomic E-state index is 5.85. The Balaban J connectivity index is 1.89. The minimum absolute atomic E-state index is 0.434. The third-order valence-corrected chi connectivity index (χ3v) is 2.98. The average molecular weight is 257 g/mol. The molecule has 1 aromatic carbocycles. The van der Waals surface area contributed by atoms with Crippen LogP contribution in [0, 0.1) is 13.8 Å². The zero-order valence-corrected chi connectivity index (χ0v) is 11.3. The predicted molar refractivity (Wildman–Crippen MR) is 78.3 cm³/mol. The SMILES string of the molecule is Cc1ccc(NC(N)=NCCn2ccnc2)cc1C. The fraction of sp³-hybridized carbons (Fsp3) is 0.286. The largest absolute Gasteiger partial charge is 0.370 e. The quantitative estimate of drug-likeness (QED) is 0.649. The standard InChI is InChI=1S/C14H19N5/c1-11-3-4-13(9-12(11)2)18-14(15)17-6-8-19-7-5-16-10-19/h3-5,7,9-10H,6,8H2,1-2H3,(H3,15,17,18). The van der Waals surface area contributed by atoms with Gasteiger partial charge in [0, 0.05) is 24.6 Å². The van der Waals surface area contributed by atoms with Gasteiger partial charge in [-0.1, -0.05) is 6.07 Å². The first-order valence-corrected chi connectivity index (χ1v) is 6.25. The van der Waals surface area contributed by atoms with E-state index in [1.165, 1.54) is 11.1 Å². The summed E-state index contributed by atoms with van der Waals surface area (Å²) in [6.07, 6.45) is 5.42. The molecule has 2 aromatic rings. The first-order chi connectivity index (χ1) is 9.15. The molecule has 0 saturated heterocycles. The molecular formula is C14H19N5. The van der Waals surface area contributed by atoms with E-state index >= 15 is 0 Å². The Hall–Kier alpha value is -2.30. The maximum Gasteiger partial charge on any atom is 0.193 e. The molecule has 0 aliphatic rings. The van der Waals surface area contributed by atoms with Crippen molar-refractivity contribution in [2.45, 2.75) is 20.4 Å².